The molecule has 5 nitrogen and oxygen atoms in total. The molecule has 0 aromatic heterocycles. The molecular formula is C17H29BrN4O. The van der Waals surface area contributed by atoms with Crippen LogP contribution in [0.3, 0.4) is 0 Å². The van der Waals surface area contributed by atoms with Crippen LogP contribution in [0.15, 0.2) is 0 Å². The summed E-state index contributed by atoms with van der Waals surface area (Å²) in [5, 5.41) is 0. The van der Waals surface area contributed by atoms with Gasteiger partial charge in [0.1, 0.15) is 4.83 Å². The average Bonchev–Trinajstić information content (AvgIpc) is 2.45. The Hall–Kier alpha value is -0.170. The minimum atomic E-state index is -0.0830. The summed E-state index contributed by atoms with van der Waals surface area (Å²) in [6.45, 7) is 9.45. The highest BCUT2D eigenvalue weighted by atomic mass is 79.9. The van der Waals surface area contributed by atoms with Crippen LogP contribution >= 0.6 is 15.9 Å². The van der Waals surface area contributed by atoms with Gasteiger partial charge in [-0.15, -0.1) is 0 Å². The van der Waals surface area contributed by atoms with Gasteiger partial charge in [0.2, 0.25) is 5.91 Å². The maximum atomic E-state index is 11.7. The van der Waals surface area contributed by atoms with Gasteiger partial charge in [-0.1, -0.05) is 42.1 Å². The molecule has 1 saturated carbocycles. The lowest BCUT2D eigenvalue weighted by Gasteiger charge is -2.63. The van der Waals surface area contributed by atoms with Crippen molar-refractivity contribution in [1.29, 1.82) is 0 Å². The number of amides is 1. The number of hydrogen-bond donors (Lipinski definition) is 2. The van der Waals surface area contributed by atoms with E-state index in [1.807, 2.05) is 0 Å². The number of hydrogen-bond acceptors (Lipinski definition) is 4. The number of likely N-dealkylation sites (tertiary alicyclic amines) is 2. The van der Waals surface area contributed by atoms with Crippen molar-refractivity contribution in [3.05, 3.63) is 0 Å². The van der Waals surface area contributed by atoms with E-state index in [0.29, 0.717) is 11.5 Å². The molecule has 0 aromatic carbocycles. The van der Waals surface area contributed by atoms with Crippen molar-refractivity contribution in [2.75, 3.05) is 39.3 Å². The Morgan fingerprint density at radius 3 is 2.70 bits per heavy atom. The Morgan fingerprint density at radius 1 is 1.22 bits per heavy atom. The van der Waals surface area contributed by atoms with Crippen LogP contribution in [0.5, 0.6) is 0 Å². The molecule has 1 aliphatic carbocycles. The van der Waals surface area contributed by atoms with Gasteiger partial charge in [0.05, 0.1) is 0 Å². The molecule has 2 N–H and O–H groups in total. The highest BCUT2D eigenvalue weighted by Gasteiger charge is 2.54. The fraction of sp³-hybridized carbons (Fsp3) is 0.941. The highest BCUT2D eigenvalue weighted by molar-refractivity contribution is 9.10. The Kier molecular flexibility index (Phi) is 4.45. The van der Waals surface area contributed by atoms with Gasteiger partial charge in [-0.3, -0.25) is 15.1 Å². The van der Waals surface area contributed by atoms with Crippen LogP contribution in [0.1, 0.15) is 32.6 Å². The van der Waals surface area contributed by atoms with Gasteiger partial charge in [-0.2, -0.15) is 0 Å². The van der Waals surface area contributed by atoms with Gasteiger partial charge in [-0.25, -0.2) is 5.43 Å². The molecule has 4 fully saturated rings. The molecule has 3 heterocycles. The largest absolute Gasteiger partial charge is 0.302 e. The summed E-state index contributed by atoms with van der Waals surface area (Å²) in [6, 6.07) is 0.293. The van der Waals surface area contributed by atoms with Crippen LogP contribution in [-0.2, 0) is 4.79 Å². The van der Waals surface area contributed by atoms with Crippen LogP contribution < -0.4 is 10.9 Å². The number of halogens is 1. The molecular weight excluding hydrogens is 356 g/mol. The van der Waals surface area contributed by atoms with E-state index < -0.39 is 0 Å². The molecule has 1 spiro atoms. The third-order valence-electron chi connectivity index (χ3n) is 6.56. The number of alkyl halides is 1. The average molecular weight is 385 g/mol. The molecule has 130 valence electrons. The number of carbonyl (C=O) groups excluding carboxylic acids is 1. The van der Waals surface area contributed by atoms with Gasteiger partial charge in [0, 0.05) is 50.7 Å². The quantitative estimate of drug-likeness (QED) is 0.717. The first-order valence-electron chi connectivity index (χ1n) is 9.20. The summed E-state index contributed by atoms with van der Waals surface area (Å²) in [7, 11) is 0. The SMILES string of the molecule is CC1CCCCC1CN1CC2(C1)CN(C1CNNC(=O)C1Br)C2. The number of carbonyl (C=O) groups is 1. The zero-order chi connectivity index (χ0) is 16.0. The predicted octanol–water partition coefficient (Wildman–Crippen LogP) is 1.20. The minimum Gasteiger partial charge on any atom is -0.302 e. The van der Waals surface area contributed by atoms with E-state index in [2.05, 4.69) is 43.5 Å². The number of hydrazine groups is 1. The summed E-state index contributed by atoms with van der Waals surface area (Å²) in [5.74, 6) is 1.90. The monoisotopic (exact) mass is 384 g/mol. The van der Waals surface area contributed by atoms with Crippen molar-refractivity contribution in [3.63, 3.8) is 0 Å². The summed E-state index contributed by atoms with van der Waals surface area (Å²) in [6.07, 6.45) is 5.74. The van der Waals surface area contributed by atoms with Gasteiger partial charge in [-0.05, 0) is 18.3 Å². The Labute approximate surface area is 147 Å². The molecule has 3 aliphatic heterocycles. The fourth-order valence-electron chi connectivity index (χ4n) is 5.18. The third kappa shape index (κ3) is 3.08. The molecule has 6 heteroatoms. The lowest BCUT2D eigenvalue weighted by Crippen LogP contribution is -2.76. The molecule has 4 atom stereocenters. The van der Waals surface area contributed by atoms with Crippen molar-refractivity contribution >= 4 is 21.8 Å². The predicted molar refractivity (Wildman–Crippen MR) is 94.2 cm³/mol. The van der Waals surface area contributed by atoms with Gasteiger partial charge in [0.15, 0.2) is 0 Å². The zero-order valence-electron chi connectivity index (χ0n) is 14.1. The first kappa shape index (κ1) is 16.3. The van der Waals surface area contributed by atoms with E-state index >= 15 is 0 Å². The van der Waals surface area contributed by atoms with E-state index in [-0.39, 0.29) is 10.7 Å². The second-order valence-corrected chi connectivity index (χ2v) is 9.42. The normalized spacial score (nSPS) is 41.2. The summed E-state index contributed by atoms with van der Waals surface area (Å²) < 4.78 is 0. The van der Waals surface area contributed by atoms with E-state index in [1.165, 1.54) is 45.3 Å². The summed E-state index contributed by atoms with van der Waals surface area (Å²) in [4.78, 5) is 16.8. The zero-order valence-corrected chi connectivity index (χ0v) is 15.6. The summed E-state index contributed by atoms with van der Waals surface area (Å²) >= 11 is 3.55. The summed E-state index contributed by atoms with van der Waals surface area (Å²) in [5.41, 5.74) is 6.24. The first-order chi connectivity index (χ1) is 11.1. The maximum absolute atomic E-state index is 11.7. The molecule has 3 saturated heterocycles. The minimum absolute atomic E-state index is 0.0590. The number of nitrogens with one attached hydrogen (secondary N) is 2. The lowest BCUT2D eigenvalue weighted by atomic mass is 9.70. The molecule has 0 aromatic rings. The van der Waals surface area contributed by atoms with Crippen LogP contribution in [-0.4, -0.2) is 65.8 Å². The van der Waals surface area contributed by atoms with Crippen LogP contribution in [0.4, 0.5) is 0 Å². The fourth-order valence-corrected chi connectivity index (χ4v) is 5.82. The van der Waals surface area contributed by atoms with E-state index in [0.717, 1.165) is 31.5 Å². The third-order valence-corrected chi connectivity index (χ3v) is 7.58. The molecule has 0 radical (unpaired) electrons. The van der Waals surface area contributed by atoms with Crippen LogP contribution in [0, 0.1) is 17.3 Å². The second kappa shape index (κ2) is 6.28. The molecule has 4 rings (SSSR count). The van der Waals surface area contributed by atoms with Crippen molar-refractivity contribution in [2.45, 2.75) is 43.5 Å². The first-order valence-corrected chi connectivity index (χ1v) is 10.1. The Bertz CT molecular complexity index is 460. The second-order valence-electron chi connectivity index (χ2n) is 8.44. The molecule has 4 aliphatic rings. The smallest absolute Gasteiger partial charge is 0.249 e. The Balaban J connectivity index is 1.23. The van der Waals surface area contributed by atoms with E-state index in [4.69, 9.17) is 0 Å². The molecule has 0 bridgehead atoms. The number of rotatable bonds is 3. The Morgan fingerprint density at radius 2 is 1.96 bits per heavy atom. The molecule has 23 heavy (non-hydrogen) atoms. The van der Waals surface area contributed by atoms with Gasteiger partial charge < -0.3 is 4.90 Å². The topological polar surface area (TPSA) is 47.6 Å². The standard InChI is InChI=1S/C17H29BrN4O/c1-12-4-2-3-5-13(12)7-21-8-17(9-21)10-22(11-17)14-6-19-20-16(23)15(14)18/h12-15,19H,2-11H2,1H3,(H,20,23). The van der Waals surface area contributed by atoms with Crippen molar-refractivity contribution in [1.82, 2.24) is 20.7 Å². The van der Waals surface area contributed by atoms with Crippen LogP contribution in [0.2, 0.25) is 0 Å². The van der Waals surface area contributed by atoms with Crippen molar-refractivity contribution < 1.29 is 4.79 Å². The van der Waals surface area contributed by atoms with Crippen molar-refractivity contribution in [2.24, 2.45) is 17.3 Å². The van der Waals surface area contributed by atoms with Crippen LogP contribution in [0.25, 0.3) is 0 Å². The van der Waals surface area contributed by atoms with E-state index in [9.17, 15) is 4.79 Å². The maximum Gasteiger partial charge on any atom is 0.249 e. The highest BCUT2D eigenvalue weighted by Crippen LogP contribution is 2.43. The van der Waals surface area contributed by atoms with Crippen molar-refractivity contribution in [3.8, 4) is 0 Å². The molecule has 1 amide bonds. The number of nitrogens with zero attached hydrogens (tertiary/aromatic N) is 2. The van der Waals surface area contributed by atoms with Gasteiger partial charge >= 0.3 is 0 Å². The molecule has 4 unspecified atom stereocenters. The van der Waals surface area contributed by atoms with Gasteiger partial charge in [0.25, 0.3) is 0 Å². The lowest BCUT2D eigenvalue weighted by molar-refractivity contribution is -0.144. The van der Waals surface area contributed by atoms with E-state index in [1.54, 1.807) is 0 Å².